The lowest BCUT2D eigenvalue weighted by atomic mass is 9.77. The number of halogens is 1. The maximum absolute atomic E-state index is 13.5. The zero-order chi connectivity index (χ0) is 29.3. The summed E-state index contributed by atoms with van der Waals surface area (Å²) in [6.07, 6.45) is 6.51. The third-order valence-corrected chi connectivity index (χ3v) is 7.94. The van der Waals surface area contributed by atoms with Crippen molar-refractivity contribution in [1.82, 2.24) is 40.2 Å². The summed E-state index contributed by atoms with van der Waals surface area (Å²) < 4.78 is 20.5. The van der Waals surface area contributed by atoms with Crippen molar-refractivity contribution in [2.24, 2.45) is 0 Å². The van der Waals surface area contributed by atoms with Crippen LogP contribution in [0.5, 0.6) is 0 Å². The van der Waals surface area contributed by atoms with Gasteiger partial charge in [-0.1, -0.05) is 18.2 Å². The van der Waals surface area contributed by atoms with Crippen LogP contribution in [-0.2, 0) is 9.53 Å². The van der Waals surface area contributed by atoms with Crippen molar-refractivity contribution in [3.63, 3.8) is 0 Å². The highest BCUT2D eigenvalue weighted by molar-refractivity contribution is 5.90. The molecule has 0 unspecified atom stereocenters. The zero-order valence-corrected chi connectivity index (χ0v) is 23.6. The molecule has 0 spiro atoms. The molecule has 6 rings (SSSR count). The van der Waals surface area contributed by atoms with Crippen molar-refractivity contribution in [2.45, 2.75) is 57.1 Å². The van der Waals surface area contributed by atoms with Crippen LogP contribution < -0.4 is 10.6 Å². The number of aromatic amines is 1. The van der Waals surface area contributed by atoms with E-state index in [1.165, 1.54) is 10.9 Å². The summed E-state index contributed by atoms with van der Waals surface area (Å²) in [7, 11) is 1.59. The molecule has 12 heteroatoms. The van der Waals surface area contributed by atoms with Crippen LogP contribution in [-0.4, -0.2) is 53.5 Å². The first-order chi connectivity index (χ1) is 20.3. The van der Waals surface area contributed by atoms with Gasteiger partial charge >= 0.3 is 0 Å². The van der Waals surface area contributed by atoms with E-state index >= 15 is 0 Å². The first kappa shape index (κ1) is 27.5. The van der Waals surface area contributed by atoms with Gasteiger partial charge in [-0.3, -0.25) is 9.89 Å². The molecule has 1 aliphatic rings. The van der Waals surface area contributed by atoms with E-state index < -0.39 is 11.4 Å². The van der Waals surface area contributed by atoms with Crippen molar-refractivity contribution in [3.05, 3.63) is 84.0 Å². The predicted octanol–water partition coefficient (Wildman–Crippen LogP) is 5.04. The Balaban J connectivity index is 1.14. The first-order valence-electron chi connectivity index (χ1n) is 13.9. The van der Waals surface area contributed by atoms with Crippen LogP contribution >= 0.6 is 0 Å². The number of carbonyl (C=O) groups is 1. The average Bonchev–Trinajstić information content (AvgIpc) is 3.64. The number of hydrogen-bond acceptors (Lipinski definition) is 8. The summed E-state index contributed by atoms with van der Waals surface area (Å²) >= 11 is 0. The minimum absolute atomic E-state index is 0.0773. The van der Waals surface area contributed by atoms with Crippen LogP contribution in [0.1, 0.15) is 61.6 Å². The molecule has 11 nitrogen and oxygen atoms in total. The summed E-state index contributed by atoms with van der Waals surface area (Å²) in [5.41, 5.74) is 1.67. The van der Waals surface area contributed by atoms with Gasteiger partial charge in [0.2, 0.25) is 0 Å². The number of amides is 1. The van der Waals surface area contributed by atoms with Gasteiger partial charge in [0.05, 0.1) is 24.0 Å². The van der Waals surface area contributed by atoms with Crippen LogP contribution in [0.4, 0.5) is 16.0 Å². The molecule has 1 aromatic carbocycles. The Kier molecular flexibility index (Phi) is 7.38. The molecule has 0 bridgehead atoms. The zero-order valence-electron chi connectivity index (χ0n) is 23.6. The summed E-state index contributed by atoms with van der Waals surface area (Å²) in [4.78, 5) is 27.7. The maximum atomic E-state index is 13.5. The minimum Gasteiger partial charge on any atom is -0.368 e. The van der Waals surface area contributed by atoms with E-state index in [1.807, 2.05) is 50.2 Å². The lowest BCUT2D eigenvalue weighted by Crippen LogP contribution is -2.50. The average molecular weight is 570 g/mol. The second kappa shape index (κ2) is 11.3. The first-order valence-corrected chi connectivity index (χ1v) is 13.9. The molecule has 1 atom stereocenters. The number of pyridine rings is 1. The van der Waals surface area contributed by atoms with Gasteiger partial charge in [-0.05, 0) is 63.3 Å². The quantitative estimate of drug-likeness (QED) is 0.236. The highest BCUT2D eigenvalue weighted by atomic mass is 19.1. The van der Waals surface area contributed by atoms with E-state index in [1.54, 1.807) is 19.4 Å². The van der Waals surface area contributed by atoms with Crippen LogP contribution in [0.25, 0.3) is 16.7 Å². The second-order valence-electron chi connectivity index (χ2n) is 10.7. The smallest absolute Gasteiger partial charge is 0.252 e. The topological polar surface area (TPSA) is 136 Å². The van der Waals surface area contributed by atoms with E-state index in [0.29, 0.717) is 43.1 Å². The van der Waals surface area contributed by atoms with Crippen molar-refractivity contribution in [1.29, 1.82) is 0 Å². The number of H-pyrrole nitrogens is 1. The number of aryl methyl sites for hydroxylation is 1. The summed E-state index contributed by atoms with van der Waals surface area (Å²) in [5.74, 6) is 2.10. The Morgan fingerprint density at radius 1 is 1.17 bits per heavy atom. The molecule has 5 aromatic rings. The number of anilines is 2. The van der Waals surface area contributed by atoms with Crippen molar-refractivity contribution in [3.8, 4) is 5.82 Å². The molecule has 1 saturated carbocycles. The monoisotopic (exact) mass is 569 g/mol. The van der Waals surface area contributed by atoms with Crippen molar-refractivity contribution in [2.75, 3.05) is 12.4 Å². The number of carbonyl (C=O) groups excluding carboxylic acids is 1. The van der Waals surface area contributed by atoms with E-state index in [4.69, 9.17) is 14.7 Å². The number of nitrogens with one attached hydrogen (secondary N) is 3. The van der Waals surface area contributed by atoms with Gasteiger partial charge in [0.25, 0.3) is 5.91 Å². The lowest BCUT2D eigenvalue weighted by molar-refractivity contribution is -0.148. The van der Waals surface area contributed by atoms with Crippen LogP contribution in [0.15, 0.2) is 61.1 Å². The van der Waals surface area contributed by atoms with Crippen LogP contribution in [0.2, 0.25) is 0 Å². The number of rotatable bonds is 8. The molecule has 0 aliphatic heterocycles. The van der Waals surface area contributed by atoms with Crippen LogP contribution in [0.3, 0.4) is 0 Å². The largest absolute Gasteiger partial charge is 0.368 e. The molecule has 42 heavy (non-hydrogen) atoms. The van der Waals surface area contributed by atoms with E-state index in [9.17, 15) is 9.18 Å². The number of fused-ring (bicyclic) bond motifs is 1. The highest BCUT2D eigenvalue weighted by Gasteiger charge is 2.43. The molecule has 4 heterocycles. The molecule has 1 fully saturated rings. The Morgan fingerprint density at radius 2 is 1.98 bits per heavy atom. The molecule has 4 aromatic heterocycles. The maximum Gasteiger partial charge on any atom is 0.252 e. The van der Waals surface area contributed by atoms with Crippen molar-refractivity contribution >= 4 is 28.4 Å². The normalized spacial score (nSPS) is 19.5. The Bertz CT molecular complexity index is 1710. The lowest BCUT2D eigenvalue weighted by Gasteiger charge is -2.38. The fraction of sp³-hybridized carbons (Fsp3) is 0.333. The number of methoxy groups -OCH3 is 1. The minimum atomic E-state index is -0.949. The SMILES string of the molecule is COC1(C(=O)N[C@@H](C)c2ccc(-n3cc(F)cn3)nc2)CCC(c2nc(Nc3cc(C)[nH]n3)c3ccccc3n2)CC1. The Hall–Kier alpha value is -4.71. The summed E-state index contributed by atoms with van der Waals surface area (Å²) in [6.45, 7) is 3.84. The van der Waals surface area contributed by atoms with Crippen molar-refractivity contribution < 1.29 is 13.9 Å². The molecule has 3 N–H and O–H groups in total. The van der Waals surface area contributed by atoms with Gasteiger partial charge in [-0.2, -0.15) is 10.2 Å². The van der Waals surface area contributed by atoms with Gasteiger partial charge in [-0.25, -0.2) is 24.0 Å². The number of ether oxygens (including phenoxy) is 1. The highest BCUT2D eigenvalue weighted by Crippen LogP contribution is 2.40. The molecule has 1 amide bonds. The molecule has 216 valence electrons. The number of benzene rings is 1. The van der Waals surface area contributed by atoms with Gasteiger partial charge in [0.1, 0.15) is 17.2 Å². The Morgan fingerprint density at radius 3 is 2.64 bits per heavy atom. The Labute approximate surface area is 241 Å². The predicted molar refractivity (Wildman–Crippen MR) is 155 cm³/mol. The molecule has 0 radical (unpaired) electrons. The summed E-state index contributed by atoms with van der Waals surface area (Å²) in [5, 5.41) is 18.5. The van der Waals surface area contributed by atoms with Crippen LogP contribution in [0, 0.1) is 12.7 Å². The second-order valence-corrected chi connectivity index (χ2v) is 10.7. The third kappa shape index (κ3) is 5.45. The number of aromatic nitrogens is 7. The molecule has 0 saturated heterocycles. The number of nitrogens with zero attached hydrogens (tertiary/aromatic N) is 6. The van der Waals surface area contributed by atoms with E-state index in [0.717, 1.165) is 34.2 Å². The fourth-order valence-electron chi connectivity index (χ4n) is 5.47. The van der Waals surface area contributed by atoms with Gasteiger partial charge in [-0.15, -0.1) is 0 Å². The molecule has 1 aliphatic carbocycles. The van der Waals surface area contributed by atoms with E-state index in [-0.39, 0.29) is 17.9 Å². The molecular formula is C30H32FN9O2. The third-order valence-electron chi connectivity index (χ3n) is 7.94. The van der Waals surface area contributed by atoms with Gasteiger partial charge in [0.15, 0.2) is 17.5 Å². The number of para-hydroxylation sites is 1. The van der Waals surface area contributed by atoms with Gasteiger partial charge in [0, 0.05) is 36.4 Å². The standard InChI is InChI=1S/C30H32FN9O2/c1-18-14-25(39-38-18)36-28-23-6-4-5-7-24(23)35-27(37-28)20-10-12-30(42-3,13-11-20)29(41)34-19(2)21-8-9-26(32-15-21)40-17-22(31)16-33-40/h4-9,14-17,19-20H,10-13H2,1-3H3,(H,34,41)(H2,35,36,37,38,39)/t19-,20?,30?/m0/s1. The van der Waals surface area contributed by atoms with E-state index in [2.05, 4.69) is 30.9 Å². The number of hydrogen-bond donors (Lipinski definition) is 3. The van der Waals surface area contributed by atoms with Gasteiger partial charge < -0.3 is 15.4 Å². The molecular weight excluding hydrogens is 537 g/mol. The fourth-order valence-corrected chi connectivity index (χ4v) is 5.47. The summed E-state index contributed by atoms with van der Waals surface area (Å²) in [6, 6.07) is 13.1.